The van der Waals surface area contributed by atoms with Crippen molar-refractivity contribution in [1.29, 1.82) is 0 Å². The number of carbonyl (C=O) groups is 2. The molecule has 7 nitrogen and oxygen atoms in total. The van der Waals surface area contributed by atoms with Crippen LogP contribution >= 0.6 is 11.3 Å². The normalized spacial score (nSPS) is 17.0. The van der Waals surface area contributed by atoms with Crippen molar-refractivity contribution in [2.24, 2.45) is 4.99 Å². The first-order valence-electron chi connectivity index (χ1n) is 9.10. The Hall–Kier alpha value is -2.71. The van der Waals surface area contributed by atoms with Crippen molar-refractivity contribution in [2.75, 3.05) is 51.4 Å². The molecule has 146 valence electrons. The van der Waals surface area contributed by atoms with Crippen LogP contribution in [0.15, 0.2) is 40.7 Å². The molecule has 0 N–H and O–H groups in total. The van der Waals surface area contributed by atoms with E-state index in [0.29, 0.717) is 26.3 Å². The number of hydrogen-bond acceptors (Lipinski definition) is 6. The molecule has 2 aliphatic rings. The third-order valence-electron chi connectivity index (χ3n) is 4.84. The van der Waals surface area contributed by atoms with E-state index in [1.807, 2.05) is 35.7 Å². The fourth-order valence-corrected chi connectivity index (χ4v) is 4.24. The number of nitrogens with zero attached hydrogens (tertiary/aromatic N) is 3. The van der Waals surface area contributed by atoms with Gasteiger partial charge in [-0.2, -0.15) is 0 Å². The Kier molecular flexibility index (Phi) is 5.40. The van der Waals surface area contributed by atoms with Gasteiger partial charge in [0, 0.05) is 24.2 Å². The predicted molar refractivity (Wildman–Crippen MR) is 108 cm³/mol. The van der Waals surface area contributed by atoms with Crippen molar-refractivity contribution in [2.45, 2.75) is 0 Å². The number of thiophene rings is 1. The van der Waals surface area contributed by atoms with E-state index in [9.17, 15) is 9.59 Å². The molecular weight excluding hydrogens is 378 g/mol. The minimum atomic E-state index is -0.172. The number of amides is 2. The highest BCUT2D eigenvalue weighted by Gasteiger charge is 2.29. The lowest BCUT2D eigenvalue weighted by Crippen LogP contribution is -2.47. The maximum atomic E-state index is 12.8. The third kappa shape index (κ3) is 3.65. The molecule has 1 aromatic carbocycles. The van der Waals surface area contributed by atoms with Crippen molar-refractivity contribution >= 4 is 33.9 Å². The molecule has 3 heterocycles. The fourth-order valence-electron chi connectivity index (χ4n) is 3.32. The van der Waals surface area contributed by atoms with E-state index in [1.54, 1.807) is 16.9 Å². The Balaban J connectivity index is 1.61. The quantitative estimate of drug-likeness (QED) is 0.786. The van der Waals surface area contributed by atoms with E-state index in [-0.39, 0.29) is 24.9 Å². The van der Waals surface area contributed by atoms with Crippen LogP contribution in [0.4, 0.5) is 5.00 Å². The molecular formula is C20H21N3O4S. The topological polar surface area (TPSA) is 71.4 Å². The SMILES string of the molecule is COc1ccc(C2=NCC(=O)N(CC(=O)N3CCOCC3)c3sccc32)cc1. The average Bonchev–Trinajstić information content (AvgIpc) is 3.17. The van der Waals surface area contributed by atoms with Gasteiger partial charge in [-0.3, -0.25) is 19.5 Å². The monoisotopic (exact) mass is 399 g/mol. The van der Waals surface area contributed by atoms with Gasteiger partial charge in [0.05, 0.1) is 26.0 Å². The molecule has 0 saturated carbocycles. The summed E-state index contributed by atoms with van der Waals surface area (Å²) in [7, 11) is 1.62. The van der Waals surface area contributed by atoms with Gasteiger partial charge in [0.2, 0.25) is 11.8 Å². The summed E-state index contributed by atoms with van der Waals surface area (Å²) in [5.74, 6) is 0.523. The smallest absolute Gasteiger partial charge is 0.249 e. The van der Waals surface area contributed by atoms with Gasteiger partial charge in [0.1, 0.15) is 23.8 Å². The first-order valence-corrected chi connectivity index (χ1v) is 9.98. The number of rotatable bonds is 4. The van der Waals surface area contributed by atoms with Crippen LogP contribution in [0.5, 0.6) is 5.75 Å². The molecule has 0 aliphatic carbocycles. The van der Waals surface area contributed by atoms with Crippen LogP contribution in [0.2, 0.25) is 0 Å². The summed E-state index contributed by atoms with van der Waals surface area (Å²) in [6.45, 7) is 2.23. The first kappa shape index (κ1) is 18.6. The van der Waals surface area contributed by atoms with Crippen LogP contribution in [0.25, 0.3) is 0 Å². The van der Waals surface area contributed by atoms with Gasteiger partial charge in [-0.15, -0.1) is 11.3 Å². The van der Waals surface area contributed by atoms with E-state index >= 15 is 0 Å². The molecule has 0 bridgehead atoms. The Morgan fingerprint density at radius 3 is 2.68 bits per heavy atom. The second-order valence-electron chi connectivity index (χ2n) is 6.51. The molecule has 2 aliphatic heterocycles. The molecule has 8 heteroatoms. The highest BCUT2D eigenvalue weighted by molar-refractivity contribution is 7.15. The third-order valence-corrected chi connectivity index (χ3v) is 5.77. The van der Waals surface area contributed by atoms with Crippen molar-refractivity contribution in [3.8, 4) is 5.75 Å². The van der Waals surface area contributed by atoms with Gasteiger partial charge < -0.3 is 14.4 Å². The summed E-state index contributed by atoms with van der Waals surface area (Å²) in [5, 5.41) is 2.69. The number of benzene rings is 1. The Morgan fingerprint density at radius 2 is 1.96 bits per heavy atom. The maximum Gasteiger partial charge on any atom is 0.249 e. The minimum Gasteiger partial charge on any atom is -0.497 e. The van der Waals surface area contributed by atoms with Gasteiger partial charge in [-0.25, -0.2) is 0 Å². The average molecular weight is 399 g/mol. The molecule has 0 atom stereocenters. The maximum absolute atomic E-state index is 12.8. The summed E-state index contributed by atoms with van der Waals surface area (Å²) in [6.07, 6.45) is 0. The van der Waals surface area contributed by atoms with Crippen molar-refractivity contribution in [3.63, 3.8) is 0 Å². The Labute approximate surface area is 167 Å². The number of morpholine rings is 1. The Bertz CT molecular complexity index is 900. The number of carbonyl (C=O) groups excluding carboxylic acids is 2. The molecule has 28 heavy (non-hydrogen) atoms. The summed E-state index contributed by atoms with van der Waals surface area (Å²) >= 11 is 1.45. The summed E-state index contributed by atoms with van der Waals surface area (Å²) < 4.78 is 10.5. The summed E-state index contributed by atoms with van der Waals surface area (Å²) in [4.78, 5) is 33.4. The first-order chi connectivity index (χ1) is 13.7. The second-order valence-corrected chi connectivity index (χ2v) is 7.40. The molecule has 4 rings (SSSR count). The largest absolute Gasteiger partial charge is 0.497 e. The Morgan fingerprint density at radius 1 is 1.21 bits per heavy atom. The molecule has 0 radical (unpaired) electrons. The van der Waals surface area contributed by atoms with E-state index < -0.39 is 0 Å². The van der Waals surface area contributed by atoms with Crippen molar-refractivity contribution in [3.05, 3.63) is 46.8 Å². The number of ether oxygens (including phenoxy) is 2. The summed E-state index contributed by atoms with van der Waals surface area (Å²) in [5.41, 5.74) is 2.54. The van der Waals surface area contributed by atoms with Crippen LogP contribution < -0.4 is 9.64 Å². The second kappa shape index (κ2) is 8.12. The summed E-state index contributed by atoms with van der Waals surface area (Å²) in [6, 6.07) is 9.55. The fraction of sp³-hybridized carbons (Fsp3) is 0.350. The molecule has 1 saturated heterocycles. The minimum absolute atomic E-state index is 0.0130. The zero-order valence-electron chi connectivity index (χ0n) is 15.6. The van der Waals surface area contributed by atoms with Gasteiger partial charge in [-0.1, -0.05) is 0 Å². The molecule has 0 unspecified atom stereocenters. The van der Waals surface area contributed by atoms with Crippen LogP contribution in [0, 0.1) is 0 Å². The van der Waals surface area contributed by atoms with E-state index in [2.05, 4.69) is 4.99 Å². The lowest BCUT2D eigenvalue weighted by atomic mass is 10.0. The predicted octanol–water partition coefficient (Wildman–Crippen LogP) is 1.80. The zero-order valence-corrected chi connectivity index (χ0v) is 16.4. The van der Waals surface area contributed by atoms with E-state index in [4.69, 9.17) is 9.47 Å². The number of hydrogen-bond donors (Lipinski definition) is 0. The molecule has 1 fully saturated rings. The number of fused-ring (bicyclic) bond motifs is 1. The zero-order chi connectivity index (χ0) is 19.5. The molecule has 1 aromatic heterocycles. The highest BCUT2D eigenvalue weighted by atomic mass is 32.1. The van der Waals surface area contributed by atoms with Crippen molar-refractivity contribution in [1.82, 2.24) is 4.90 Å². The van der Waals surface area contributed by atoms with Gasteiger partial charge in [0.15, 0.2) is 0 Å². The van der Waals surface area contributed by atoms with Gasteiger partial charge in [-0.05, 0) is 35.7 Å². The van der Waals surface area contributed by atoms with Gasteiger partial charge in [0.25, 0.3) is 0 Å². The van der Waals surface area contributed by atoms with Crippen LogP contribution in [0.1, 0.15) is 11.1 Å². The number of aliphatic imine (C=N–C) groups is 1. The molecule has 0 spiro atoms. The van der Waals surface area contributed by atoms with Gasteiger partial charge >= 0.3 is 0 Å². The van der Waals surface area contributed by atoms with Crippen LogP contribution in [-0.2, 0) is 14.3 Å². The van der Waals surface area contributed by atoms with E-state index in [0.717, 1.165) is 27.6 Å². The number of anilines is 1. The lowest BCUT2D eigenvalue weighted by Gasteiger charge is -2.29. The number of methoxy groups -OCH3 is 1. The highest BCUT2D eigenvalue weighted by Crippen LogP contribution is 2.32. The standard InChI is InChI=1S/C20H21N3O4S/c1-26-15-4-2-14(3-5-15)19-16-6-11-28-20(16)23(17(24)12-21-19)13-18(25)22-7-9-27-10-8-22/h2-6,11H,7-10,12-13H2,1H3. The lowest BCUT2D eigenvalue weighted by molar-refractivity contribution is -0.134. The molecule has 2 aromatic rings. The van der Waals surface area contributed by atoms with Crippen LogP contribution in [0.3, 0.4) is 0 Å². The van der Waals surface area contributed by atoms with Crippen molar-refractivity contribution < 1.29 is 19.1 Å². The van der Waals surface area contributed by atoms with Crippen LogP contribution in [-0.4, -0.2) is 68.9 Å². The molecule has 2 amide bonds. The van der Waals surface area contributed by atoms with E-state index in [1.165, 1.54) is 11.3 Å².